The van der Waals surface area contributed by atoms with Gasteiger partial charge in [0.2, 0.25) is 0 Å². The van der Waals surface area contributed by atoms with Gasteiger partial charge in [-0.15, -0.1) is 0 Å². The first kappa shape index (κ1) is 16.3. The van der Waals surface area contributed by atoms with E-state index in [9.17, 15) is 0 Å². The van der Waals surface area contributed by atoms with E-state index >= 15 is 0 Å². The van der Waals surface area contributed by atoms with E-state index in [0.717, 1.165) is 18.5 Å². The van der Waals surface area contributed by atoms with Crippen LogP contribution in [0.3, 0.4) is 0 Å². The number of benzene rings is 2. The second-order valence-corrected chi connectivity index (χ2v) is 7.61. The Morgan fingerprint density at radius 2 is 1.63 bits per heavy atom. The Kier molecular flexibility index (Phi) is 3.66. The quantitative estimate of drug-likeness (QED) is 0.547. The van der Waals surface area contributed by atoms with E-state index in [2.05, 4.69) is 77.3 Å². The molecule has 1 aliphatic carbocycles. The van der Waals surface area contributed by atoms with Crippen molar-refractivity contribution < 1.29 is 0 Å². The average molecular weight is 353 g/mol. The minimum Gasteiger partial charge on any atom is -0.328 e. The van der Waals surface area contributed by atoms with Gasteiger partial charge in [0.25, 0.3) is 0 Å². The standard InChI is InChI=1S/C24H23N3/c1-27-22(18-7-3-2-4-8-18)21(20-9-5-16-26-23(20)27)17-10-12-19(13-11-17)24(25)14-6-15-24/h2-5,7-13,16H,6,14-15,25H2,1H3. The highest BCUT2D eigenvalue weighted by atomic mass is 15.0. The number of hydrogen-bond donors (Lipinski definition) is 1. The van der Waals surface area contributed by atoms with Crippen LogP contribution in [0.25, 0.3) is 33.4 Å². The van der Waals surface area contributed by atoms with Crippen molar-refractivity contribution in [3.05, 3.63) is 78.5 Å². The zero-order valence-corrected chi connectivity index (χ0v) is 15.5. The van der Waals surface area contributed by atoms with Crippen molar-refractivity contribution in [3.63, 3.8) is 0 Å². The van der Waals surface area contributed by atoms with Crippen molar-refractivity contribution in [2.75, 3.05) is 0 Å². The van der Waals surface area contributed by atoms with E-state index in [-0.39, 0.29) is 5.54 Å². The largest absolute Gasteiger partial charge is 0.328 e. The van der Waals surface area contributed by atoms with Crippen molar-refractivity contribution in [2.24, 2.45) is 12.8 Å². The Bertz CT molecular complexity index is 1100. The lowest BCUT2D eigenvalue weighted by Crippen LogP contribution is -2.43. The first-order valence-electron chi connectivity index (χ1n) is 9.56. The third kappa shape index (κ3) is 2.50. The summed E-state index contributed by atoms with van der Waals surface area (Å²) >= 11 is 0. The molecular formula is C24H23N3. The van der Waals surface area contributed by atoms with E-state index in [1.165, 1.54) is 39.8 Å². The Morgan fingerprint density at radius 3 is 2.30 bits per heavy atom. The van der Waals surface area contributed by atoms with Crippen molar-refractivity contribution in [1.82, 2.24) is 9.55 Å². The lowest BCUT2D eigenvalue weighted by molar-refractivity contribution is 0.253. The molecule has 0 radical (unpaired) electrons. The molecule has 1 aliphatic rings. The SMILES string of the molecule is Cn1c(-c2ccccc2)c(-c2ccc(C3(N)CCC3)cc2)c2cccnc21. The maximum absolute atomic E-state index is 6.51. The molecule has 27 heavy (non-hydrogen) atoms. The molecule has 3 heteroatoms. The monoisotopic (exact) mass is 353 g/mol. The summed E-state index contributed by atoms with van der Waals surface area (Å²) in [5.74, 6) is 0. The Hall–Kier alpha value is -2.91. The number of nitrogens with zero attached hydrogens (tertiary/aromatic N) is 2. The zero-order valence-electron chi connectivity index (χ0n) is 15.5. The first-order chi connectivity index (χ1) is 13.2. The Morgan fingerprint density at radius 1 is 0.889 bits per heavy atom. The highest BCUT2D eigenvalue weighted by Crippen LogP contribution is 2.42. The summed E-state index contributed by atoms with van der Waals surface area (Å²) in [6.07, 6.45) is 5.25. The highest BCUT2D eigenvalue weighted by molar-refractivity contribution is 6.03. The van der Waals surface area contributed by atoms with E-state index in [1.807, 2.05) is 12.3 Å². The van der Waals surface area contributed by atoms with E-state index in [0.29, 0.717) is 0 Å². The number of aromatic nitrogens is 2. The van der Waals surface area contributed by atoms with Crippen LogP contribution in [-0.4, -0.2) is 9.55 Å². The zero-order chi connectivity index (χ0) is 18.4. The number of fused-ring (bicyclic) bond motifs is 1. The molecule has 0 amide bonds. The summed E-state index contributed by atoms with van der Waals surface area (Å²) in [6.45, 7) is 0. The summed E-state index contributed by atoms with van der Waals surface area (Å²) < 4.78 is 2.20. The van der Waals surface area contributed by atoms with Gasteiger partial charge in [-0.05, 0) is 48.1 Å². The van der Waals surface area contributed by atoms with E-state index < -0.39 is 0 Å². The number of hydrogen-bond acceptors (Lipinski definition) is 2. The highest BCUT2D eigenvalue weighted by Gasteiger charge is 2.34. The summed E-state index contributed by atoms with van der Waals surface area (Å²) in [5, 5.41) is 1.18. The van der Waals surface area contributed by atoms with Crippen molar-refractivity contribution in [2.45, 2.75) is 24.8 Å². The maximum atomic E-state index is 6.51. The number of pyridine rings is 1. The lowest BCUT2D eigenvalue weighted by atomic mass is 9.72. The summed E-state index contributed by atoms with van der Waals surface area (Å²) in [5.41, 5.74) is 13.5. The van der Waals surface area contributed by atoms with Gasteiger partial charge in [0.05, 0.1) is 5.69 Å². The summed E-state index contributed by atoms with van der Waals surface area (Å²) in [4.78, 5) is 4.64. The van der Waals surface area contributed by atoms with E-state index in [1.54, 1.807) is 0 Å². The summed E-state index contributed by atoms with van der Waals surface area (Å²) in [7, 11) is 2.10. The summed E-state index contributed by atoms with van der Waals surface area (Å²) in [6, 6.07) is 23.6. The van der Waals surface area contributed by atoms with Gasteiger partial charge < -0.3 is 10.3 Å². The van der Waals surface area contributed by atoms with Gasteiger partial charge in [0, 0.05) is 29.7 Å². The van der Waals surface area contributed by atoms with Gasteiger partial charge in [-0.3, -0.25) is 0 Å². The molecule has 0 unspecified atom stereocenters. The fraction of sp³-hybridized carbons (Fsp3) is 0.208. The minimum atomic E-state index is -0.124. The smallest absolute Gasteiger partial charge is 0.140 e. The normalized spacial score (nSPS) is 15.6. The average Bonchev–Trinajstić information content (AvgIpc) is 3.00. The molecule has 2 aromatic carbocycles. The fourth-order valence-electron chi connectivity index (χ4n) is 4.30. The minimum absolute atomic E-state index is 0.124. The van der Waals surface area contributed by atoms with Crippen LogP contribution in [-0.2, 0) is 12.6 Å². The van der Waals surface area contributed by atoms with Crippen molar-refractivity contribution in [3.8, 4) is 22.4 Å². The molecule has 0 saturated heterocycles. The molecule has 134 valence electrons. The van der Waals surface area contributed by atoms with Crippen LogP contribution in [0.2, 0.25) is 0 Å². The van der Waals surface area contributed by atoms with Gasteiger partial charge in [-0.1, -0.05) is 54.6 Å². The number of aryl methyl sites for hydroxylation is 1. The third-order valence-electron chi connectivity index (χ3n) is 5.99. The molecule has 2 N–H and O–H groups in total. The molecule has 4 aromatic rings. The molecular weight excluding hydrogens is 330 g/mol. The van der Waals surface area contributed by atoms with Crippen LogP contribution >= 0.6 is 0 Å². The molecule has 0 bridgehead atoms. The molecule has 3 nitrogen and oxygen atoms in total. The Labute approximate surface area is 159 Å². The lowest BCUT2D eigenvalue weighted by Gasteiger charge is -2.38. The van der Waals surface area contributed by atoms with Gasteiger partial charge in [0.1, 0.15) is 5.65 Å². The second kappa shape index (κ2) is 6.07. The van der Waals surface area contributed by atoms with Crippen LogP contribution in [0.4, 0.5) is 0 Å². The van der Waals surface area contributed by atoms with E-state index in [4.69, 9.17) is 5.73 Å². The van der Waals surface area contributed by atoms with Gasteiger partial charge in [0.15, 0.2) is 0 Å². The second-order valence-electron chi connectivity index (χ2n) is 7.61. The number of rotatable bonds is 3. The molecule has 5 rings (SSSR count). The third-order valence-corrected chi connectivity index (χ3v) is 5.99. The van der Waals surface area contributed by atoms with Gasteiger partial charge in [-0.25, -0.2) is 4.98 Å². The molecule has 0 spiro atoms. The fourth-order valence-corrected chi connectivity index (χ4v) is 4.30. The van der Waals surface area contributed by atoms with Crippen molar-refractivity contribution in [1.29, 1.82) is 0 Å². The van der Waals surface area contributed by atoms with Crippen LogP contribution in [0.5, 0.6) is 0 Å². The topological polar surface area (TPSA) is 43.8 Å². The van der Waals surface area contributed by atoms with Gasteiger partial charge in [-0.2, -0.15) is 0 Å². The molecule has 1 fully saturated rings. The maximum Gasteiger partial charge on any atom is 0.140 e. The molecule has 1 saturated carbocycles. The van der Waals surface area contributed by atoms with Crippen LogP contribution < -0.4 is 5.73 Å². The molecule has 2 aromatic heterocycles. The number of nitrogens with two attached hydrogens (primary N) is 1. The predicted octanol–water partition coefficient (Wildman–Crippen LogP) is 5.25. The molecule has 2 heterocycles. The first-order valence-corrected chi connectivity index (χ1v) is 9.56. The van der Waals surface area contributed by atoms with Crippen LogP contribution in [0.1, 0.15) is 24.8 Å². The van der Waals surface area contributed by atoms with Crippen LogP contribution in [0, 0.1) is 0 Å². The predicted molar refractivity (Wildman–Crippen MR) is 111 cm³/mol. The molecule has 0 atom stereocenters. The molecule has 0 aliphatic heterocycles. The van der Waals surface area contributed by atoms with Crippen molar-refractivity contribution >= 4 is 11.0 Å². The van der Waals surface area contributed by atoms with Gasteiger partial charge >= 0.3 is 0 Å². The van der Waals surface area contributed by atoms with Crippen LogP contribution in [0.15, 0.2) is 72.9 Å². The Balaban J connectivity index is 1.73.